The molecular formula is C14H15ClOS. The Kier molecular flexibility index (Phi) is 3.87. The molecule has 0 radical (unpaired) electrons. The summed E-state index contributed by atoms with van der Waals surface area (Å²) in [6.07, 6.45) is 0.103. The Morgan fingerprint density at radius 2 is 2.00 bits per heavy atom. The third-order valence-electron chi connectivity index (χ3n) is 2.88. The number of benzene rings is 1. The van der Waals surface area contributed by atoms with Crippen molar-refractivity contribution in [2.24, 2.45) is 0 Å². The molecule has 0 bridgehead atoms. The first-order valence-corrected chi connectivity index (χ1v) is 6.76. The van der Waals surface area contributed by atoms with Crippen molar-refractivity contribution in [3.8, 4) is 0 Å². The summed E-state index contributed by atoms with van der Waals surface area (Å²) >= 11 is 7.74. The number of thiophene rings is 1. The zero-order valence-corrected chi connectivity index (χ0v) is 11.5. The van der Waals surface area contributed by atoms with Crippen LogP contribution in [-0.2, 0) is 6.42 Å². The average molecular weight is 267 g/mol. The molecule has 0 aliphatic rings. The van der Waals surface area contributed by atoms with Gasteiger partial charge in [-0.1, -0.05) is 29.8 Å². The maximum absolute atomic E-state index is 10.2. The van der Waals surface area contributed by atoms with Gasteiger partial charge in [0.15, 0.2) is 0 Å². The monoisotopic (exact) mass is 266 g/mol. The molecule has 0 saturated carbocycles. The largest absolute Gasteiger partial charge is 0.387 e. The van der Waals surface area contributed by atoms with Crippen molar-refractivity contribution in [1.82, 2.24) is 0 Å². The van der Waals surface area contributed by atoms with Crippen molar-refractivity contribution in [2.45, 2.75) is 26.4 Å². The zero-order valence-electron chi connectivity index (χ0n) is 9.90. The molecule has 0 saturated heterocycles. The molecule has 1 N–H and O–H groups in total. The maximum Gasteiger partial charge on any atom is 0.0922 e. The van der Waals surface area contributed by atoms with Crippen molar-refractivity contribution < 1.29 is 5.11 Å². The van der Waals surface area contributed by atoms with Crippen molar-refractivity contribution in [2.75, 3.05) is 0 Å². The summed E-state index contributed by atoms with van der Waals surface area (Å²) in [6.45, 7) is 4.14. The lowest BCUT2D eigenvalue weighted by molar-refractivity contribution is 0.182. The second kappa shape index (κ2) is 5.21. The van der Waals surface area contributed by atoms with Gasteiger partial charge in [-0.3, -0.25) is 0 Å². The highest BCUT2D eigenvalue weighted by Gasteiger charge is 2.13. The number of aliphatic hydroxyl groups is 1. The van der Waals surface area contributed by atoms with E-state index >= 15 is 0 Å². The van der Waals surface area contributed by atoms with Gasteiger partial charge in [0.25, 0.3) is 0 Å². The normalized spacial score (nSPS) is 12.7. The Bertz CT molecular complexity index is 499. The molecule has 0 aliphatic carbocycles. The second-order valence-corrected chi connectivity index (χ2v) is 5.89. The van der Waals surface area contributed by atoms with Crippen LogP contribution in [0, 0.1) is 13.8 Å². The van der Waals surface area contributed by atoms with E-state index in [1.54, 1.807) is 11.3 Å². The second-order valence-electron chi connectivity index (χ2n) is 4.20. The van der Waals surface area contributed by atoms with Gasteiger partial charge in [-0.05, 0) is 37.1 Å². The first-order valence-electron chi connectivity index (χ1n) is 5.56. The van der Waals surface area contributed by atoms with Crippen LogP contribution in [0.3, 0.4) is 0 Å². The minimum Gasteiger partial charge on any atom is -0.387 e. The van der Waals surface area contributed by atoms with Gasteiger partial charge < -0.3 is 5.11 Å². The van der Waals surface area contributed by atoms with Crippen LogP contribution in [0.5, 0.6) is 0 Å². The lowest BCUT2D eigenvalue weighted by Gasteiger charge is -2.09. The number of halogens is 1. The Labute approximate surface area is 111 Å². The molecule has 0 amide bonds. The molecule has 1 heterocycles. The fraction of sp³-hybridized carbons (Fsp3) is 0.286. The molecule has 1 aromatic heterocycles. The van der Waals surface area contributed by atoms with Crippen LogP contribution in [0.15, 0.2) is 30.3 Å². The number of aliphatic hydroxyl groups excluding tert-OH is 1. The van der Waals surface area contributed by atoms with Crippen LogP contribution >= 0.6 is 22.9 Å². The third-order valence-corrected chi connectivity index (χ3v) is 4.51. The van der Waals surface area contributed by atoms with E-state index < -0.39 is 6.10 Å². The Morgan fingerprint density at radius 1 is 1.29 bits per heavy atom. The fourth-order valence-electron chi connectivity index (χ4n) is 1.74. The van der Waals surface area contributed by atoms with E-state index in [0.717, 1.165) is 15.5 Å². The molecule has 0 fully saturated rings. The molecule has 1 nitrogen and oxygen atoms in total. The highest BCUT2D eigenvalue weighted by Crippen LogP contribution is 2.30. The lowest BCUT2D eigenvalue weighted by Crippen LogP contribution is -1.99. The van der Waals surface area contributed by atoms with Gasteiger partial charge in [0.05, 0.1) is 6.10 Å². The fourth-order valence-corrected chi connectivity index (χ4v) is 2.98. The topological polar surface area (TPSA) is 20.2 Å². The summed E-state index contributed by atoms with van der Waals surface area (Å²) in [6, 6.07) is 9.71. The molecule has 0 aliphatic heterocycles. The van der Waals surface area contributed by atoms with Crippen LogP contribution < -0.4 is 0 Å². The third kappa shape index (κ3) is 2.89. The summed E-state index contributed by atoms with van der Waals surface area (Å²) in [5.74, 6) is 0. The van der Waals surface area contributed by atoms with E-state index in [1.807, 2.05) is 24.3 Å². The van der Waals surface area contributed by atoms with E-state index in [4.69, 9.17) is 11.6 Å². The Morgan fingerprint density at radius 3 is 2.59 bits per heavy atom. The molecule has 17 heavy (non-hydrogen) atoms. The quantitative estimate of drug-likeness (QED) is 0.878. The molecule has 3 heteroatoms. The lowest BCUT2D eigenvalue weighted by atomic mass is 10.1. The number of rotatable bonds is 3. The maximum atomic E-state index is 10.2. The summed E-state index contributed by atoms with van der Waals surface area (Å²) in [5.41, 5.74) is 2.23. The number of hydrogen-bond acceptors (Lipinski definition) is 2. The Balaban J connectivity index is 2.17. The van der Waals surface area contributed by atoms with Crippen LogP contribution in [0.4, 0.5) is 0 Å². The Hall–Kier alpha value is -0.830. The van der Waals surface area contributed by atoms with Crippen LogP contribution in [0.25, 0.3) is 0 Å². The van der Waals surface area contributed by atoms with Gasteiger partial charge in [-0.15, -0.1) is 11.3 Å². The van der Waals surface area contributed by atoms with Gasteiger partial charge in [0, 0.05) is 21.2 Å². The number of aryl methyl sites for hydroxylation is 2. The molecular weight excluding hydrogens is 252 g/mol. The van der Waals surface area contributed by atoms with Gasteiger partial charge in [-0.2, -0.15) is 0 Å². The molecule has 1 atom stereocenters. The van der Waals surface area contributed by atoms with Gasteiger partial charge in [0.2, 0.25) is 0 Å². The van der Waals surface area contributed by atoms with Gasteiger partial charge >= 0.3 is 0 Å². The molecule has 1 aromatic carbocycles. The van der Waals surface area contributed by atoms with Gasteiger partial charge in [0.1, 0.15) is 0 Å². The molecule has 2 aromatic rings. The molecule has 0 spiro atoms. The minimum absolute atomic E-state index is 0.465. The van der Waals surface area contributed by atoms with E-state index in [0.29, 0.717) is 6.42 Å². The van der Waals surface area contributed by atoms with Crippen LogP contribution in [0.1, 0.15) is 27.0 Å². The highest BCUT2D eigenvalue weighted by atomic mass is 35.5. The first kappa shape index (κ1) is 12.6. The SMILES string of the molecule is Cc1cc(C(O)Cc2ccccc2Cl)sc1C. The van der Waals surface area contributed by atoms with Crippen LogP contribution in [0.2, 0.25) is 5.02 Å². The van der Waals surface area contributed by atoms with Crippen molar-refractivity contribution >= 4 is 22.9 Å². The summed E-state index contributed by atoms with van der Waals surface area (Å²) < 4.78 is 0. The standard InChI is InChI=1S/C14H15ClOS/c1-9-7-14(17-10(9)2)13(16)8-11-5-3-4-6-12(11)15/h3-7,13,16H,8H2,1-2H3. The molecule has 2 rings (SSSR count). The summed E-state index contributed by atoms with van der Waals surface area (Å²) in [4.78, 5) is 2.28. The van der Waals surface area contributed by atoms with E-state index in [1.165, 1.54) is 10.4 Å². The number of hydrogen-bond donors (Lipinski definition) is 1. The van der Waals surface area contributed by atoms with Gasteiger partial charge in [-0.25, -0.2) is 0 Å². The summed E-state index contributed by atoms with van der Waals surface area (Å²) in [5, 5.41) is 10.9. The zero-order chi connectivity index (χ0) is 12.4. The smallest absolute Gasteiger partial charge is 0.0922 e. The predicted molar refractivity (Wildman–Crippen MR) is 73.9 cm³/mol. The van der Waals surface area contributed by atoms with Crippen molar-refractivity contribution in [1.29, 1.82) is 0 Å². The van der Waals surface area contributed by atoms with Crippen molar-refractivity contribution in [3.63, 3.8) is 0 Å². The predicted octanol–water partition coefficient (Wildman–Crippen LogP) is 4.29. The van der Waals surface area contributed by atoms with Crippen LogP contribution in [-0.4, -0.2) is 5.11 Å². The average Bonchev–Trinajstić information content (AvgIpc) is 2.63. The van der Waals surface area contributed by atoms with E-state index in [2.05, 4.69) is 19.9 Å². The first-order chi connectivity index (χ1) is 8.08. The van der Waals surface area contributed by atoms with Crippen molar-refractivity contribution in [3.05, 3.63) is 56.2 Å². The highest BCUT2D eigenvalue weighted by molar-refractivity contribution is 7.12. The van der Waals surface area contributed by atoms with E-state index in [-0.39, 0.29) is 0 Å². The molecule has 90 valence electrons. The minimum atomic E-state index is -0.465. The van der Waals surface area contributed by atoms with E-state index in [9.17, 15) is 5.11 Å². The molecule has 1 unspecified atom stereocenters. The summed E-state index contributed by atoms with van der Waals surface area (Å²) in [7, 11) is 0.